The summed E-state index contributed by atoms with van der Waals surface area (Å²) in [5.74, 6) is 6.14. The van der Waals surface area contributed by atoms with Gasteiger partial charge in [-0.25, -0.2) is 19.9 Å². The van der Waals surface area contributed by atoms with Gasteiger partial charge in [-0.3, -0.25) is 19.2 Å². The molecule has 4 amide bonds. The van der Waals surface area contributed by atoms with E-state index in [2.05, 4.69) is 98.6 Å². The molecule has 0 saturated carbocycles. The van der Waals surface area contributed by atoms with Gasteiger partial charge in [-0.2, -0.15) is 39.9 Å². The van der Waals surface area contributed by atoms with E-state index in [4.69, 9.17) is 97.7 Å². The van der Waals surface area contributed by atoms with E-state index in [0.29, 0.717) is 127 Å². The van der Waals surface area contributed by atoms with Crippen LogP contribution < -0.4 is 60.5 Å². The van der Waals surface area contributed by atoms with Crippen molar-refractivity contribution in [2.75, 3.05) is 186 Å². The van der Waals surface area contributed by atoms with Crippen LogP contribution in [0.3, 0.4) is 0 Å². The molecule has 22 heterocycles. The first-order valence-corrected chi connectivity index (χ1v) is 50.6. The van der Waals surface area contributed by atoms with Crippen LogP contribution >= 0.6 is 0 Å². The topological polar surface area (TPSA) is 371 Å². The Labute approximate surface area is 823 Å². The Kier molecular flexibility index (Phi) is 26.0. The summed E-state index contributed by atoms with van der Waals surface area (Å²) in [5.41, 5.74) is 11.7. The van der Waals surface area contributed by atoms with Crippen molar-refractivity contribution in [2.24, 2.45) is 0 Å². The fourth-order valence-corrected chi connectivity index (χ4v) is 23.1. The number of ether oxygens (including phenoxy) is 8. The third-order valence-electron chi connectivity index (χ3n) is 30.4. The first-order chi connectivity index (χ1) is 69.5. The number of carbonyl (C=O) groups is 4. The van der Waals surface area contributed by atoms with Crippen molar-refractivity contribution in [3.05, 3.63) is 168 Å². The fourth-order valence-electron chi connectivity index (χ4n) is 23.1. The minimum absolute atomic E-state index is 0.116. The molecule has 4 N–H and O–H groups in total. The van der Waals surface area contributed by atoms with Gasteiger partial charge in [-0.05, 0) is 188 Å². The highest BCUT2D eigenvalue weighted by Crippen LogP contribution is 2.45. The molecule has 36 nitrogen and oxygen atoms in total. The van der Waals surface area contributed by atoms with Gasteiger partial charge in [-0.15, -0.1) is 0 Å². The lowest BCUT2D eigenvalue weighted by Crippen LogP contribution is -2.48. The molecule has 142 heavy (non-hydrogen) atoms. The molecular formula is C106H120N24O12. The van der Waals surface area contributed by atoms with Crippen LogP contribution in [0.2, 0.25) is 0 Å². The van der Waals surface area contributed by atoms with Crippen molar-refractivity contribution in [1.82, 2.24) is 81.1 Å². The highest BCUT2D eigenvalue weighted by Gasteiger charge is 2.46. The van der Waals surface area contributed by atoms with Gasteiger partial charge in [0.25, 0.3) is 23.6 Å². The number of amides is 4. The summed E-state index contributed by atoms with van der Waals surface area (Å²) in [6.07, 6.45) is 14.7. The number of carbonyl (C=O) groups excluding carboxylic acids is 4. The number of morpholine rings is 8. The van der Waals surface area contributed by atoms with Crippen LogP contribution in [-0.2, 0) is 37.9 Å². The maximum absolute atomic E-state index is 12.2. The normalized spacial score (nSPS) is 25.6. The Morgan fingerprint density at radius 2 is 0.556 bits per heavy atom. The average Bonchev–Trinajstić information content (AvgIpc) is 1.38. The van der Waals surface area contributed by atoms with Gasteiger partial charge < -0.3 is 98.4 Å². The minimum atomic E-state index is -0.122. The molecule has 14 saturated heterocycles. The minimum Gasteiger partial charge on any atom is -0.377 e. The predicted molar refractivity (Wildman–Crippen MR) is 541 cm³/mol. The van der Waals surface area contributed by atoms with Crippen molar-refractivity contribution >= 4 is 115 Å². The molecule has 12 aromatic rings. The van der Waals surface area contributed by atoms with E-state index in [1.54, 1.807) is 46.4 Å². The molecule has 14 aliphatic heterocycles. The fraction of sp³-hybridized carbons (Fsp3) is 0.472. The van der Waals surface area contributed by atoms with Crippen LogP contribution in [-0.4, -0.2) is 315 Å². The second-order valence-electron chi connectivity index (χ2n) is 39.6. The van der Waals surface area contributed by atoms with Crippen LogP contribution in [0.4, 0.5) is 47.1 Å². The largest absolute Gasteiger partial charge is 0.377 e. The summed E-state index contributed by atoms with van der Waals surface area (Å²) in [5, 5.41) is 14.5. The van der Waals surface area contributed by atoms with Gasteiger partial charge >= 0.3 is 0 Å². The smallest absolute Gasteiger partial charge is 0.251 e. The zero-order valence-corrected chi connectivity index (χ0v) is 81.0. The molecule has 0 aliphatic carbocycles. The zero-order chi connectivity index (χ0) is 96.3. The van der Waals surface area contributed by atoms with Gasteiger partial charge in [0, 0.05) is 125 Å². The summed E-state index contributed by atoms with van der Waals surface area (Å²) >= 11 is 0. The van der Waals surface area contributed by atoms with Gasteiger partial charge in [0.2, 0.25) is 23.8 Å². The number of hydrogen-bond donors (Lipinski definition) is 4. The second-order valence-corrected chi connectivity index (χ2v) is 39.6. The lowest BCUT2D eigenvalue weighted by molar-refractivity contribution is 0.0294. The lowest BCUT2D eigenvalue weighted by Gasteiger charge is -2.38. The third-order valence-corrected chi connectivity index (χ3v) is 30.4. The van der Waals surface area contributed by atoms with E-state index in [9.17, 15) is 19.2 Å². The first kappa shape index (κ1) is 92.5. The Hall–Kier alpha value is -13.2. The second kappa shape index (κ2) is 39.9. The van der Waals surface area contributed by atoms with E-state index in [-0.39, 0.29) is 72.3 Å². The van der Waals surface area contributed by atoms with Crippen LogP contribution in [0.5, 0.6) is 0 Å². The molecule has 36 heteroatoms. The molecule has 0 spiro atoms. The Morgan fingerprint density at radius 1 is 0.282 bits per heavy atom. The summed E-state index contributed by atoms with van der Waals surface area (Å²) in [6.45, 7) is 17.8. The van der Waals surface area contributed by atoms with Crippen molar-refractivity contribution in [1.29, 1.82) is 0 Å². The number of benzene rings is 4. The van der Waals surface area contributed by atoms with E-state index in [1.165, 1.54) is 0 Å². The molecule has 8 aromatic heterocycles. The van der Waals surface area contributed by atoms with E-state index in [0.717, 1.165) is 264 Å². The molecule has 26 rings (SSSR count). The van der Waals surface area contributed by atoms with Crippen LogP contribution in [0.25, 0.3) is 89.2 Å². The number of aromatic nitrogens is 12. The first-order valence-electron chi connectivity index (χ1n) is 50.6. The molecule has 14 atom stereocenters. The number of anilines is 8. The molecule has 14 fully saturated rings. The van der Waals surface area contributed by atoms with E-state index in [1.807, 2.05) is 103 Å². The predicted octanol–water partition coefficient (Wildman–Crippen LogP) is 10.9. The highest BCUT2D eigenvalue weighted by atomic mass is 16.5. The molecular weight excluding hydrogens is 1800 g/mol. The Bertz CT molecular complexity index is 6700. The standard InChI is InChI=1S/2C27H30N6O3.2C26H30N6O3/c1-28-26(34)17-4-2-3-16(11-17)23-10-9-22-24(29-23)30-27(33-20-7-8-21(33)15-36-14-20)31-25(22)32-18-5-6-19(32)13-35-12-18;1-28-26(34)17-4-2-3-16(11-17)23-10-9-22-24(29-23)30-27(33-14-20-7-8-21(15-33)36-20)31-25(22)32-12-18-5-6-19(13-32)35-18;1-16-15-34-11-10-32(16)24-21-8-9-22(17-4-3-5-18(12-17)25(33)27-2)28-23(21)29-26(30-24)31-13-19-6-7-20(14-31)35-19;1-16-13-34-11-10-31(16)24-21-8-9-22(17-4-3-5-18(12-17)25(33)27-2)28-23(21)29-26(30-24)32-19-6-7-20(32)15-35-14-19/h2*2-4,9-11,18-21H,5-8,12-15H2,1H3,(H,28,34);2*3-5,8-9,12,16,19-20H,6-7,10-11,13-15H2,1-2H3,(H,27,33)/t;;2*16-,19?,20?/m..00/s1. The summed E-state index contributed by atoms with van der Waals surface area (Å²) in [7, 11) is 6.54. The number of nitrogens with one attached hydrogen (secondary N) is 4. The highest BCUT2D eigenvalue weighted by molar-refractivity contribution is 6.00. The SMILES string of the molecule is CNC(=O)c1cccc(-c2ccc3c(N4C5CCC4COC5)nc(N4C5CCC4COC5)nc3n2)c1.CNC(=O)c1cccc(-c2ccc3c(N4CC5CCC(C4)O5)nc(N4CC5CCC(C4)O5)nc3n2)c1.CNC(=O)c1cccc(-c2ccc3c(N4CCOC[C@@H]4C)nc(N4C5CCC4COC5)nc3n2)c1.CNC(=O)c1cccc(-c2ccc3c(N4CCOC[C@@H]4C)nc(N4CC5CCC(C4)O5)nc3n2)c1. The van der Waals surface area contributed by atoms with Crippen molar-refractivity contribution < 1.29 is 57.1 Å². The van der Waals surface area contributed by atoms with Crippen LogP contribution in [0.1, 0.15) is 132 Å². The van der Waals surface area contributed by atoms with Gasteiger partial charge in [-0.1, -0.05) is 48.5 Å². The molecule has 14 aliphatic rings. The van der Waals surface area contributed by atoms with E-state index < -0.39 is 0 Å². The monoisotopic (exact) mass is 1920 g/mol. The molecule has 0 radical (unpaired) electrons. The Morgan fingerprint density at radius 3 is 0.873 bits per heavy atom. The number of fused-ring (bicyclic) bond motifs is 16. The maximum atomic E-state index is 12.2. The van der Waals surface area contributed by atoms with Crippen molar-refractivity contribution in [2.45, 2.75) is 176 Å². The van der Waals surface area contributed by atoms with Crippen molar-refractivity contribution in [3.63, 3.8) is 0 Å². The number of pyridine rings is 4. The van der Waals surface area contributed by atoms with Crippen molar-refractivity contribution in [3.8, 4) is 45.0 Å². The molecule has 4 aromatic carbocycles. The number of hydrogen-bond acceptors (Lipinski definition) is 32. The number of nitrogens with zero attached hydrogens (tertiary/aromatic N) is 20. The lowest BCUT2D eigenvalue weighted by atomic mass is 10.1. The Balaban J connectivity index is 0.000000105. The molecule has 12 unspecified atom stereocenters. The molecule has 736 valence electrons. The third kappa shape index (κ3) is 18.6. The van der Waals surface area contributed by atoms with Crippen LogP contribution in [0.15, 0.2) is 146 Å². The average molecular weight is 1920 g/mol. The summed E-state index contributed by atoms with van der Waals surface area (Å²) in [4.78, 5) is 128. The zero-order valence-electron chi connectivity index (χ0n) is 81.0. The van der Waals surface area contributed by atoms with Gasteiger partial charge in [0.15, 0.2) is 22.6 Å². The molecule has 12 bridgehead atoms. The van der Waals surface area contributed by atoms with E-state index >= 15 is 0 Å². The van der Waals surface area contributed by atoms with Gasteiger partial charge in [0.05, 0.1) is 195 Å². The maximum Gasteiger partial charge on any atom is 0.251 e. The summed E-state index contributed by atoms with van der Waals surface area (Å²) in [6, 6.07) is 48.7. The number of rotatable bonds is 16. The van der Waals surface area contributed by atoms with Gasteiger partial charge in [0.1, 0.15) is 23.3 Å². The van der Waals surface area contributed by atoms with Crippen LogP contribution in [0, 0.1) is 0 Å². The summed E-state index contributed by atoms with van der Waals surface area (Å²) < 4.78 is 47.1. The quantitative estimate of drug-likeness (QED) is 0.0698.